The highest BCUT2D eigenvalue weighted by Crippen LogP contribution is 2.32. The smallest absolute Gasteiger partial charge is 0.0212 e. The molecule has 2 aliphatic rings. The molecule has 29 heavy (non-hydrogen) atoms. The monoisotopic (exact) mass is 408 g/mol. The van der Waals surface area contributed by atoms with Gasteiger partial charge in [-0.05, 0) is 87.0 Å². The Morgan fingerprint density at radius 3 is 1.66 bits per heavy atom. The Morgan fingerprint density at radius 1 is 0.759 bits per heavy atom. The summed E-state index contributed by atoms with van der Waals surface area (Å²) in [4.78, 5) is 5.47. The highest BCUT2D eigenvalue weighted by molar-refractivity contribution is 4.96. The van der Waals surface area contributed by atoms with E-state index in [0.29, 0.717) is 24.0 Å². The second kappa shape index (κ2) is 9.54. The van der Waals surface area contributed by atoms with E-state index in [4.69, 9.17) is 0 Å². The van der Waals surface area contributed by atoms with Gasteiger partial charge in [0.25, 0.3) is 0 Å². The molecule has 0 aliphatic carbocycles. The summed E-state index contributed by atoms with van der Waals surface area (Å²) < 4.78 is 0. The molecule has 0 saturated carbocycles. The molecular formula is C25H52N4. The molecule has 4 nitrogen and oxygen atoms in total. The quantitative estimate of drug-likeness (QED) is 0.588. The highest BCUT2D eigenvalue weighted by Gasteiger charge is 2.38. The maximum atomic E-state index is 3.86. The largest absolute Gasteiger partial charge is 0.310 e. The number of nitrogens with one attached hydrogen (secondary N) is 2. The van der Waals surface area contributed by atoms with Gasteiger partial charge in [0.2, 0.25) is 0 Å². The third-order valence-electron chi connectivity index (χ3n) is 7.57. The lowest BCUT2D eigenvalue weighted by molar-refractivity contribution is 0.0875. The number of rotatable bonds is 9. The topological polar surface area (TPSA) is 30.5 Å². The second-order valence-corrected chi connectivity index (χ2v) is 12.6. The zero-order chi connectivity index (χ0) is 22.0. The maximum Gasteiger partial charge on any atom is 0.0212 e. The third-order valence-corrected chi connectivity index (χ3v) is 7.57. The first-order chi connectivity index (χ1) is 13.2. The van der Waals surface area contributed by atoms with E-state index in [-0.39, 0.29) is 16.6 Å². The van der Waals surface area contributed by atoms with E-state index in [1.807, 2.05) is 0 Å². The summed E-state index contributed by atoms with van der Waals surface area (Å²) >= 11 is 0. The van der Waals surface area contributed by atoms with E-state index in [9.17, 15) is 0 Å². The molecule has 2 fully saturated rings. The fourth-order valence-corrected chi connectivity index (χ4v) is 4.98. The van der Waals surface area contributed by atoms with Crippen molar-refractivity contribution in [3.63, 3.8) is 0 Å². The van der Waals surface area contributed by atoms with Crippen LogP contribution in [0, 0.1) is 5.92 Å². The average molecular weight is 409 g/mol. The molecule has 1 unspecified atom stereocenters. The Balaban J connectivity index is 1.83. The number of hydrogen-bond donors (Lipinski definition) is 2. The van der Waals surface area contributed by atoms with Gasteiger partial charge < -0.3 is 10.6 Å². The van der Waals surface area contributed by atoms with E-state index in [1.54, 1.807) is 0 Å². The van der Waals surface area contributed by atoms with Crippen molar-refractivity contribution in [2.75, 3.05) is 26.2 Å². The Hall–Kier alpha value is -0.160. The van der Waals surface area contributed by atoms with Crippen LogP contribution >= 0.6 is 0 Å². The maximum absolute atomic E-state index is 3.86. The molecule has 0 spiro atoms. The van der Waals surface area contributed by atoms with Gasteiger partial charge >= 0.3 is 0 Å². The molecule has 3 atom stereocenters. The van der Waals surface area contributed by atoms with E-state index < -0.39 is 0 Å². The van der Waals surface area contributed by atoms with Crippen LogP contribution in [-0.2, 0) is 0 Å². The van der Waals surface area contributed by atoms with Crippen molar-refractivity contribution in [2.24, 2.45) is 5.92 Å². The zero-order valence-electron chi connectivity index (χ0n) is 21.4. The first kappa shape index (κ1) is 25.1. The standard InChI is InChI=1S/C25H52N4/c1-19(2)20(3)26-21-11-15-28(17-21)24(7,8)13-14-25(9,10)29-16-12-22(18-29)27-23(4,5)6/h19-22,26-27H,11-18H2,1-10H3/t20?,21-,22-/m1/s1. The Labute approximate surface area is 182 Å². The lowest BCUT2D eigenvalue weighted by Gasteiger charge is -2.42. The summed E-state index contributed by atoms with van der Waals surface area (Å²) in [5.74, 6) is 0.704. The second-order valence-electron chi connectivity index (χ2n) is 12.6. The summed E-state index contributed by atoms with van der Waals surface area (Å²) in [6.45, 7) is 28.5. The predicted octanol–water partition coefficient (Wildman–Crippen LogP) is 4.49. The first-order valence-corrected chi connectivity index (χ1v) is 12.2. The van der Waals surface area contributed by atoms with Gasteiger partial charge in [-0.3, -0.25) is 9.80 Å². The molecule has 0 aromatic rings. The van der Waals surface area contributed by atoms with Gasteiger partial charge in [0.15, 0.2) is 0 Å². The minimum Gasteiger partial charge on any atom is -0.310 e. The third kappa shape index (κ3) is 7.48. The van der Waals surface area contributed by atoms with Gasteiger partial charge in [0, 0.05) is 60.9 Å². The molecule has 172 valence electrons. The van der Waals surface area contributed by atoms with Gasteiger partial charge in [-0.15, -0.1) is 0 Å². The van der Waals surface area contributed by atoms with Crippen LogP contribution < -0.4 is 10.6 Å². The molecule has 0 amide bonds. The molecule has 2 aliphatic heterocycles. The van der Waals surface area contributed by atoms with Crippen LogP contribution in [-0.4, -0.2) is 70.7 Å². The summed E-state index contributed by atoms with van der Waals surface area (Å²) in [6, 6.07) is 1.89. The van der Waals surface area contributed by atoms with Gasteiger partial charge in [0.1, 0.15) is 0 Å². The molecule has 2 N–H and O–H groups in total. The summed E-state index contributed by atoms with van der Waals surface area (Å²) in [6.07, 6.45) is 5.09. The lowest BCUT2D eigenvalue weighted by atomic mass is 9.87. The summed E-state index contributed by atoms with van der Waals surface area (Å²) in [5.41, 5.74) is 0.757. The highest BCUT2D eigenvalue weighted by atomic mass is 15.3. The minimum absolute atomic E-state index is 0.209. The van der Waals surface area contributed by atoms with Crippen molar-refractivity contribution in [1.82, 2.24) is 20.4 Å². The summed E-state index contributed by atoms with van der Waals surface area (Å²) in [7, 11) is 0. The predicted molar refractivity (Wildman–Crippen MR) is 128 cm³/mol. The van der Waals surface area contributed by atoms with Crippen LogP contribution in [0.2, 0.25) is 0 Å². The Bertz CT molecular complexity index is 505. The van der Waals surface area contributed by atoms with Gasteiger partial charge in [0.05, 0.1) is 0 Å². The number of hydrogen-bond acceptors (Lipinski definition) is 4. The number of nitrogens with zero attached hydrogens (tertiary/aromatic N) is 2. The Morgan fingerprint density at radius 2 is 1.21 bits per heavy atom. The first-order valence-electron chi connectivity index (χ1n) is 12.2. The fourth-order valence-electron chi connectivity index (χ4n) is 4.98. The van der Waals surface area contributed by atoms with Crippen LogP contribution in [0.1, 0.15) is 94.9 Å². The number of likely N-dealkylation sites (tertiary alicyclic amines) is 2. The van der Waals surface area contributed by atoms with Crippen molar-refractivity contribution in [3.05, 3.63) is 0 Å². The Kier molecular flexibility index (Phi) is 8.26. The molecule has 0 radical (unpaired) electrons. The zero-order valence-corrected chi connectivity index (χ0v) is 21.4. The van der Waals surface area contributed by atoms with E-state index in [1.165, 1.54) is 51.9 Å². The lowest BCUT2D eigenvalue weighted by Crippen LogP contribution is -2.50. The van der Waals surface area contributed by atoms with Gasteiger partial charge in [-0.1, -0.05) is 13.8 Å². The molecule has 0 aromatic carbocycles. The molecular weight excluding hydrogens is 356 g/mol. The molecule has 2 saturated heterocycles. The summed E-state index contributed by atoms with van der Waals surface area (Å²) in [5, 5.41) is 7.67. The van der Waals surface area contributed by atoms with Crippen molar-refractivity contribution in [3.8, 4) is 0 Å². The average Bonchev–Trinajstić information content (AvgIpc) is 3.22. The van der Waals surface area contributed by atoms with Crippen molar-refractivity contribution in [2.45, 2.75) is 130 Å². The minimum atomic E-state index is 0.209. The van der Waals surface area contributed by atoms with Crippen LogP contribution in [0.5, 0.6) is 0 Å². The molecule has 2 rings (SSSR count). The molecule has 0 aromatic heterocycles. The normalized spacial score (nSPS) is 26.6. The molecule has 0 bridgehead atoms. The fraction of sp³-hybridized carbons (Fsp3) is 1.00. The SMILES string of the molecule is CC(C)C(C)N[C@@H]1CCN(C(C)(C)CCC(C)(C)N2CC[C@@H](NC(C)(C)C)C2)C1. The van der Waals surface area contributed by atoms with E-state index in [2.05, 4.69) is 89.7 Å². The van der Waals surface area contributed by atoms with Crippen molar-refractivity contribution >= 4 is 0 Å². The molecule has 2 heterocycles. The van der Waals surface area contributed by atoms with Crippen LogP contribution in [0.25, 0.3) is 0 Å². The van der Waals surface area contributed by atoms with Crippen LogP contribution in [0.4, 0.5) is 0 Å². The van der Waals surface area contributed by atoms with Gasteiger partial charge in [-0.25, -0.2) is 0 Å². The van der Waals surface area contributed by atoms with Crippen LogP contribution in [0.15, 0.2) is 0 Å². The van der Waals surface area contributed by atoms with E-state index >= 15 is 0 Å². The van der Waals surface area contributed by atoms with Crippen molar-refractivity contribution in [1.29, 1.82) is 0 Å². The van der Waals surface area contributed by atoms with Gasteiger partial charge in [-0.2, -0.15) is 0 Å². The van der Waals surface area contributed by atoms with Crippen LogP contribution in [0.3, 0.4) is 0 Å². The van der Waals surface area contributed by atoms with Crippen molar-refractivity contribution < 1.29 is 0 Å². The molecule has 4 heteroatoms. The van der Waals surface area contributed by atoms with E-state index in [0.717, 1.165) is 0 Å².